The quantitative estimate of drug-likeness (QED) is 0.702. The SMILES string of the molecule is C=Cc1ccc(OCCCOC2CCCCO2)cc1. The van der Waals surface area contributed by atoms with Crippen LogP contribution in [0.3, 0.4) is 0 Å². The molecular formula is C16H22O3. The van der Waals surface area contributed by atoms with E-state index in [4.69, 9.17) is 14.2 Å². The number of rotatable bonds is 7. The van der Waals surface area contributed by atoms with Crippen LogP contribution in [0.5, 0.6) is 5.75 Å². The Morgan fingerprint density at radius 3 is 2.74 bits per heavy atom. The van der Waals surface area contributed by atoms with Crippen molar-refractivity contribution in [2.75, 3.05) is 19.8 Å². The molecule has 1 fully saturated rings. The lowest BCUT2D eigenvalue weighted by molar-refractivity contribution is -0.163. The van der Waals surface area contributed by atoms with Gasteiger partial charge in [-0.25, -0.2) is 0 Å². The largest absolute Gasteiger partial charge is 0.494 e. The Kier molecular flexibility index (Phi) is 5.92. The van der Waals surface area contributed by atoms with Crippen molar-refractivity contribution in [3.8, 4) is 5.75 Å². The Bertz CT molecular complexity index is 366. The summed E-state index contributed by atoms with van der Waals surface area (Å²) in [6.07, 6.45) is 6.08. The highest BCUT2D eigenvalue weighted by atomic mass is 16.7. The van der Waals surface area contributed by atoms with Crippen LogP contribution in [-0.2, 0) is 9.47 Å². The van der Waals surface area contributed by atoms with E-state index in [0.717, 1.165) is 37.2 Å². The van der Waals surface area contributed by atoms with Gasteiger partial charge in [-0.1, -0.05) is 24.8 Å². The van der Waals surface area contributed by atoms with E-state index in [1.165, 1.54) is 6.42 Å². The van der Waals surface area contributed by atoms with Gasteiger partial charge in [-0.3, -0.25) is 0 Å². The van der Waals surface area contributed by atoms with Crippen LogP contribution in [0.25, 0.3) is 6.08 Å². The highest BCUT2D eigenvalue weighted by Gasteiger charge is 2.13. The van der Waals surface area contributed by atoms with Crippen molar-refractivity contribution in [3.63, 3.8) is 0 Å². The Labute approximate surface area is 115 Å². The van der Waals surface area contributed by atoms with Gasteiger partial charge in [0, 0.05) is 13.0 Å². The van der Waals surface area contributed by atoms with E-state index in [0.29, 0.717) is 13.2 Å². The van der Waals surface area contributed by atoms with Crippen molar-refractivity contribution < 1.29 is 14.2 Å². The zero-order valence-corrected chi connectivity index (χ0v) is 11.3. The number of ether oxygens (including phenoxy) is 3. The van der Waals surface area contributed by atoms with Crippen LogP contribution < -0.4 is 4.74 Å². The molecule has 2 rings (SSSR count). The van der Waals surface area contributed by atoms with Gasteiger partial charge in [-0.2, -0.15) is 0 Å². The maximum atomic E-state index is 5.64. The lowest BCUT2D eigenvalue weighted by atomic mass is 10.2. The number of hydrogen-bond acceptors (Lipinski definition) is 3. The first-order valence-electron chi connectivity index (χ1n) is 6.97. The summed E-state index contributed by atoms with van der Waals surface area (Å²) < 4.78 is 16.8. The average molecular weight is 262 g/mol. The molecule has 0 aromatic heterocycles. The van der Waals surface area contributed by atoms with Gasteiger partial charge < -0.3 is 14.2 Å². The van der Waals surface area contributed by atoms with Gasteiger partial charge in [0.05, 0.1) is 13.2 Å². The summed E-state index contributed by atoms with van der Waals surface area (Å²) >= 11 is 0. The maximum Gasteiger partial charge on any atom is 0.157 e. The molecule has 0 saturated carbocycles. The lowest BCUT2D eigenvalue weighted by Gasteiger charge is -2.22. The molecule has 1 aromatic rings. The van der Waals surface area contributed by atoms with Crippen LogP contribution in [0.2, 0.25) is 0 Å². The molecular weight excluding hydrogens is 240 g/mol. The molecule has 1 atom stereocenters. The van der Waals surface area contributed by atoms with E-state index in [-0.39, 0.29) is 6.29 Å². The normalized spacial score (nSPS) is 19.1. The summed E-state index contributed by atoms with van der Waals surface area (Å²) in [5.74, 6) is 0.888. The second-order valence-electron chi connectivity index (χ2n) is 4.64. The molecule has 0 bridgehead atoms. The third kappa shape index (κ3) is 5.05. The van der Waals surface area contributed by atoms with Crippen molar-refractivity contribution in [2.24, 2.45) is 0 Å². The Hall–Kier alpha value is -1.32. The molecule has 1 saturated heterocycles. The number of hydrogen-bond donors (Lipinski definition) is 0. The highest BCUT2D eigenvalue weighted by molar-refractivity contribution is 5.48. The van der Waals surface area contributed by atoms with Crippen molar-refractivity contribution in [3.05, 3.63) is 36.4 Å². The molecule has 0 N–H and O–H groups in total. The van der Waals surface area contributed by atoms with E-state index in [1.807, 2.05) is 30.3 Å². The first kappa shape index (κ1) is 14.1. The molecule has 0 radical (unpaired) electrons. The van der Waals surface area contributed by atoms with Gasteiger partial charge >= 0.3 is 0 Å². The molecule has 1 aromatic carbocycles. The molecule has 1 aliphatic rings. The predicted molar refractivity (Wildman–Crippen MR) is 76.2 cm³/mol. The summed E-state index contributed by atoms with van der Waals surface area (Å²) in [6.45, 7) is 5.91. The fourth-order valence-corrected chi connectivity index (χ4v) is 2.01. The second-order valence-corrected chi connectivity index (χ2v) is 4.64. The molecule has 0 spiro atoms. The smallest absolute Gasteiger partial charge is 0.157 e. The zero-order valence-electron chi connectivity index (χ0n) is 11.3. The summed E-state index contributed by atoms with van der Waals surface area (Å²) in [5, 5.41) is 0. The van der Waals surface area contributed by atoms with Crippen LogP contribution in [0.15, 0.2) is 30.8 Å². The minimum atomic E-state index is 0.000579. The van der Waals surface area contributed by atoms with Gasteiger partial charge in [0.25, 0.3) is 0 Å². The monoisotopic (exact) mass is 262 g/mol. The maximum absolute atomic E-state index is 5.64. The molecule has 3 heteroatoms. The molecule has 0 aliphatic carbocycles. The molecule has 1 unspecified atom stereocenters. The fourth-order valence-electron chi connectivity index (χ4n) is 2.01. The Morgan fingerprint density at radius 2 is 2.05 bits per heavy atom. The third-order valence-electron chi connectivity index (χ3n) is 3.11. The molecule has 104 valence electrons. The summed E-state index contributed by atoms with van der Waals surface area (Å²) in [4.78, 5) is 0. The standard InChI is InChI=1S/C16H22O3/c1-2-14-7-9-15(10-8-14)17-12-5-13-19-16-6-3-4-11-18-16/h2,7-10,16H,1,3-6,11-13H2. The van der Waals surface area contributed by atoms with Gasteiger partial charge in [0.2, 0.25) is 0 Å². The van der Waals surface area contributed by atoms with Crippen LogP contribution in [0.1, 0.15) is 31.2 Å². The molecule has 0 amide bonds. The van der Waals surface area contributed by atoms with Crippen molar-refractivity contribution in [2.45, 2.75) is 32.0 Å². The highest BCUT2D eigenvalue weighted by Crippen LogP contribution is 2.15. The summed E-state index contributed by atoms with van der Waals surface area (Å²) in [6, 6.07) is 7.91. The Morgan fingerprint density at radius 1 is 1.21 bits per heavy atom. The predicted octanol–water partition coefficient (Wildman–Crippen LogP) is 3.64. The first-order chi connectivity index (χ1) is 9.38. The molecule has 1 heterocycles. The van der Waals surface area contributed by atoms with E-state index in [2.05, 4.69) is 6.58 Å². The van der Waals surface area contributed by atoms with E-state index < -0.39 is 0 Å². The first-order valence-corrected chi connectivity index (χ1v) is 6.97. The molecule has 19 heavy (non-hydrogen) atoms. The van der Waals surface area contributed by atoms with Crippen LogP contribution in [0.4, 0.5) is 0 Å². The van der Waals surface area contributed by atoms with Crippen LogP contribution >= 0.6 is 0 Å². The average Bonchev–Trinajstić information content (AvgIpc) is 2.49. The van der Waals surface area contributed by atoms with Gasteiger partial charge in [-0.15, -0.1) is 0 Å². The van der Waals surface area contributed by atoms with E-state index in [1.54, 1.807) is 0 Å². The Balaban J connectivity index is 1.56. The summed E-state index contributed by atoms with van der Waals surface area (Å²) in [5.41, 5.74) is 1.10. The van der Waals surface area contributed by atoms with Crippen LogP contribution in [0, 0.1) is 0 Å². The zero-order chi connectivity index (χ0) is 13.3. The van der Waals surface area contributed by atoms with Crippen molar-refractivity contribution >= 4 is 6.08 Å². The number of benzene rings is 1. The van der Waals surface area contributed by atoms with Crippen molar-refractivity contribution in [1.82, 2.24) is 0 Å². The van der Waals surface area contributed by atoms with Gasteiger partial charge in [0.1, 0.15) is 5.75 Å². The topological polar surface area (TPSA) is 27.7 Å². The van der Waals surface area contributed by atoms with Gasteiger partial charge in [-0.05, 0) is 37.0 Å². The minimum Gasteiger partial charge on any atom is -0.494 e. The fraction of sp³-hybridized carbons (Fsp3) is 0.500. The van der Waals surface area contributed by atoms with Gasteiger partial charge in [0.15, 0.2) is 6.29 Å². The third-order valence-corrected chi connectivity index (χ3v) is 3.11. The second kappa shape index (κ2) is 7.97. The van der Waals surface area contributed by atoms with Crippen LogP contribution in [-0.4, -0.2) is 26.1 Å². The van der Waals surface area contributed by atoms with E-state index in [9.17, 15) is 0 Å². The van der Waals surface area contributed by atoms with E-state index >= 15 is 0 Å². The van der Waals surface area contributed by atoms with Crippen molar-refractivity contribution in [1.29, 1.82) is 0 Å². The minimum absolute atomic E-state index is 0.000579. The lowest BCUT2D eigenvalue weighted by Crippen LogP contribution is -2.23. The molecule has 3 nitrogen and oxygen atoms in total. The summed E-state index contributed by atoms with van der Waals surface area (Å²) in [7, 11) is 0. The molecule has 1 aliphatic heterocycles.